The highest BCUT2D eigenvalue weighted by Gasteiger charge is 2.40. The number of nitro benzene ring substituents is 1. The van der Waals surface area contributed by atoms with Crippen LogP contribution in [0.15, 0.2) is 29.1 Å². The highest BCUT2D eigenvalue weighted by atomic mass is 16.6. The number of carboxylic acid groups (broad SMARTS) is 2. The fraction of sp³-hybridized carbons (Fsp3) is 0.381. The van der Waals surface area contributed by atoms with E-state index in [9.17, 15) is 49.4 Å². The number of hydrogen-bond donors (Lipinski definition) is 5. The molecule has 2 amide bonds. The lowest BCUT2D eigenvalue weighted by molar-refractivity contribution is -0.384. The first kappa shape index (κ1) is 27.6. The lowest BCUT2D eigenvalue weighted by atomic mass is 10.0. The van der Waals surface area contributed by atoms with E-state index in [-0.39, 0.29) is 17.8 Å². The summed E-state index contributed by atoms with van der Waals surface area (Å²) >= 11 is 0. The van der Waals surface area contributed by atoms with E-state index in [1.165, 1.54) is 38.1 Å². The number of carboxylic acids is 2. The second kappa shape index (κ2) is 11.2. The maximum atomic E-state index is 13.4. The summed E-state index contributed by atoms with van der Waals surface area (Å²) in [5, 5.41) is 43.2. The largest absolute Gasteiger partial charge is 0.492 e. The molecule has 1 aromatic carbocycles. The van der Waals surface area contributed by atoms with Crippen LogP contribution in [-0.4, -0.2) is 65.7 Å². The first-order valence-electron chi connectivity index (χ1n) is 10.6. The zero-order chi connectivity index (χ0) is 27.3. The van der Waals surface area contributed by atoms with Crippen molar-refractivity contribution in [2.24, 2.45) is 5.92 Å². The van der Waals surface area contributed by atoms with Gasteiger partial charge in [0.2, 0.25) is 11.8 Å². The van der Waals surface area contributed by atoms with Crippen LogP contribution in [0.25, 0.3) is 0 Å². The second-order valence-corrected chi connectivity index (χ2v) is 8.21. The predicted octanol–water partition coefficient (Wildman–Crippen LogP) is -0.0658. The van der Waals surface area contributed by atoms with Gasteiger partial charge in [-0.15, -0.1) is 0 Å². The number of imidazole rings is 1. The van der Waals surface area contributed by atoms with Gasteiger partial charge in [0.1, 0.15) is 6.04 Å². The molecule has 0 fully saturated rings. The minimum absolute atomic E-state index is 0.145. The maximum absolute atomic E-state index is 13.4. The van der Waals surface area contributed by atoms with Crippen molar-refractivity contribution in [3.8, 4) is 5.88 Å². The molecule has 0 spiro atoms. The number of aliphatic carboxylic acids is 2. The number of aromatic amines is 1. The minimum Gasteiger partial charge on any atom is -0.492 e. The molecule has 0 aliphatic carbocycles. The van der Waals surface area contributed by atoms with Crippen molar-refractivity contribution in [3.05, 3.63) is 56.1 Å². The zero-order valence-corrected chi connectivity index (χ0v) is 19.5. The average Bonchev–Trinajstić information content (AvgIpc) is 3.02. The van der Waals surface area contributed by atoms with Crippen LogP contribution in [0.2, 0.25) is 0 Å². The van der Waals surface area contributed by atoms with Gasteiger partial charge >= 0.3 is 17.6 Å². The van der Waals surface area contributed by atoms with Crippen molar-refractivity contribution >= 4 is 29.4 Å². The molecule has 1 aromatic heterocycles. The van der Waals surface area contributed by atoms with E-state index in [1.54, 1.807) is 0 Å². The third-order valence-corrected chi connectivity index (χ3v) is 5.09. The van der Waals surface area contributed by atoms with Gasteiger partial charge in [0, 0.05) is 25.5 Å². The summed E-state index contributed by atoms with van der Waals surface area (Å²) in [6.07, 6.45) is -1.08. The number of benzene rings is 1. The summed E-state index contributed by atoms with van der Waals surface area (Å²) in [5.74, 6) is -6.74. The van der Waals surface area contributed by atoms with Crippen LogP contribution >= 0.6 is 0 Å². The van der Waals surface area contributed by atoms with Gasteiger partial charge in [0.15, 0.2) is 6.04 Å². The molecule has 36 heavy (non-hydrogen) atoms. The van der Waals surface area contributed by atoms with Crippen molar-refractivity contribution in [1.82, 2.24) is 15.0 Å². The van der Waals surface area contributed by atoms with Crippen LogP contribution in [0.3, 0.4) is 0 Å². The summed E-state index contributed by atoms with van der Waals surface area (Å²) in [6, 6.07) is 1.68. The van der Waals surface area contributed by atoms with Crippen molar-refractivity contribution in [2.45, 2.75) is 45.7 Å². The number of amides is 2. The number of hydrogen-bond acceptors (Lipinski definition) is 8. The average molecular weight is 507 g/mol. The summed E-state index contributed by atoms with van der Waals surface area (Å²) in [7, 11) is 0. The van der Waals surface area contributed by atoms with Gasteiger partial charge in [0.25, 0.3) is 11.6 Å². The third-order valence-electron chi connectivity index (χ3n) is 5.09. The molecule has 0 aliphatic heterocycles. The number of rotatable bonds is 11. The highest BCUT2D eigenvalue weighted by Crippen LogP contribution is 2.22. The lowest BCUT2D eigenvalue weighted by Gasteiger charge is -2.33. The Kier molecular flexibility index (Phi) is 8.54. The van der Waals surface area contributed by atoms with Gasteiger partial charge in [-0.2, -0.15) is 4.68 Å². The molecule has 2 atom stereocenters. The zero-order valence-electron chi connectivity index (χ0n) is 19.5. The molecule has 194 valence electrons. The number of carbonyl (C=O) groups is 4. The molecular weight excluding hydrogens is 482 g/mol. The third kappa shape index (κ3) is 6.25. The smallest absolute Gasteiger partial charge is 0.348 e. The standard InChI is InChI=1S/C21H25N5O10/c1-10(2)17(20(32)33)24(18(30)15(9-16(28)29)22-11(3)27)25-19(31)14(23-21(25)34)8-12-4-6-13(7-5-12)26(35)36/h4-7,10,15,17,31H,8-9H2,1-3H3,(H,22,27)(H,23,34)(H,28,29)(H,32,33)/t15-,17-/m0/s1. The van der Waals surface area contributed by atoms with E-state index in [4.69, 9.17) is 0 Å². The van der Waals surface area contributed by atoms with E-state index in [2.05, 4.69) is 10.3 Å². The Morgan fingerprint density at radius 1 is 1.17 bits per heavy atom. The molecule has 5 N–H and O–H groups in total. The van der Waals surface area contributed by atoms with Crippen LogP contribution in [0.5, 0.6) is 5.88 Å². The van der Waals surface area contributed by atoms with Crippen molar-refractivity contribution in [3.63, 3.8) is 0 Å². The molecule has 1 heterocycles. The quantitative estimate of drug-likeness (QED) is 0.201. The molecule has 15 nitrogen and oxygen atoms in total. The molecule has 0 unspecified atom stereocenters. The van der Waals surface area contributed by atoms with E-state index >= 15 is 0 Å². The monoisotopic (exact) mass is 507 g/mol. The molecule has 0 saturated carbocycles. The summed E-state index contributed by atoms with van der Waals surface area (Å²) in [5.41, 5.74) is -1.01. The number of non-ortho nitro benzene ring substituents is 1. The Hall–Kier alpha value is -4.69. The van der Waals surface area contributed by atoms with Crippen molar-refractivity contribution < 1.29 is 39.4 Å². The summed E-state index contributed by atoms with van der Waals surface area (Å²) < 4.78 is 0.374. The van der Waals surface area contributed by atoms with Crippen LogP contribution in [0.4, 0.5) is 5.69 Å². The van der Waals surface area contributed by atoms with Crippen LogP contribution < -0.4 is 16.0 Å². The first-order valence-corrected chi connectivity index (χ1v) is 10.6. The van der Waals surface area contributed by atoms with Crippen LogP contribution in [0.1, 0.15) is 38.4 Å². The molecule has 0 saturated heterocycles. The number of carbonyl (C=O) groups excluding carboxylic acids is 2. The Morgan fingerprint density at radius 3 is 2.19 bits per heavy atom. The summed E-state index contributed by atoms with van der Waals surface area (Å²) in [4.78, 5) is 73.7. The normalized spacial score (nSPS) is 12.6. The minimum atomic E-state index is -1.75. The fourth-order valence-corrected chi connectivity index (χ4v) is 3.54. The fourth-order valence-electron chi connectivity index (χ4n) is 3.54. The second-order valence-electron chi connectivity index (χ2n) is 8.21. The number of nitrogens with one attached hydrogen (secondary N) is 2. The number of aromatic hydroxyl groups is 1. The van der Waals surface area contributed by atoms with E-state index < -0.39 is 64.7 Å². The Bertz CT molecular complexity index is 1210. The molecule has 0 bridgehead atoms. The molecule has 0 aliphatic rings. The van der Waals surface area contributed by atoms with Gasteiger partial charge in [-0.3, -0.25) is 24.5 Å². The van der Waals surface area contributed by atoms with E-state index in [1.807, 2.05) is 0 Å². The molecule has 2 aromatic rings. The van der Waals surface area contributed by atoms with Gasteiger partial charge in [-0.05, 0) is 11.5 Å². The topological polar surface area (TPSA) is 225 Å². The number of nitro groups is 1. The lowest BCUT2D eigenvalue weighted by Crippen LogP contribution is -2.62. The van der Waals surface area contributed by atoms with Gasteiger partial charge < -0.3 is 25.6 Å². The van der Waals surface area contributed by atoms with Gasteiger partial charge in [0.05, 0.1) is 17.0 Å². The van der Waals surface area contributed by atoms with Gasteiger partial charge in [-0.25, -0.2) is 14.6 Å². The Morgan fingerprint density at radius 2 is 1.75 bits per heavy atom. The van der Waals surface area contributed by atoms with Gasteiger partial charge in [-0.1, -0.05) is 26.0 Å². The molecule has 0 radical (unpaired) electrons. The predicted molar refractivity (Wildman–Crippen MR) is 122 cm³/mol. The Labute approximate surface area is 203 Å². The van der Waals surface area contributed by atoms with E-state index in [0.717, 1.165) is 6.92 Å². The van der Waals surface area contributed by atoms with Crippen molar-refractivity contribution in [1.29, 1.82) is 0 Å². The number of nitrogens with zero attached hydrogens (tertiary/aromatic N) is 3. The first-order chi connectivity index (χ1) is 16.7. The van der Waals surface area contributed by atoms with Crippen LogP contribution in [-0.2, 0) is 25.6 Å². The van der Waals surface area contributed by atoms with E-state index in [0.29, 0.717) is 15.2 Å². The molecule has 15 heteroatoms. The SMILES string of the molecule is CC(=O)N[C@@H](CC(=O)O)C(=O)N([C@H](C(=O)O)C(C)C)n1c(O)c(Cc2ccc([N+](=O)[O-])cc2)[nH]c1=O. The van der Waals surface area contributed by atoms with Crippen molar-refractivity contribution in [2.75, 3.05) is 5.01 Å². The molecular formula is C21H25N5O10. The van der Waals surface area contributed by atoms with Crippen LogP contribution in [0, 0.1) is 16.0 Å². The Balaban J connectivity index is 2.62. The molecule has 2 rings (SSSR count). The summed E-state index contributed by atoms with van der Waals surface area (Å²) in [6.45, 7) is 3.87. The number of H-pyrrole nitrogens is 1. The number of aromatic nitrogens is 2. The maximum Gasteiger partial charge on any atom is 0.348 e. The highest BCUT2D eigenvalue weighted by molar-refractivity contribution is 5.99.